The standard InChI is InChI=1S/2C16H13.C12H11Si.2C4H9.Zr/c2*1-12-10-14-8-5-9-15(16(14)11-12)13-6-3-2-4-7-13;1-3-7-11(8-4-1)13-12-9-5-2-6-10-12;2*1-3-4-2;/h2*2-11H,1H3;1-10,13H;2*1,3-4H2,2H3;. The first kappa shape index (κ1) is 36.9. The average molecular weight is 799 g/mol. The third-order valence-corrected chi connectivity index (χ3v) is 59.1. The Balaban J connectivity index is 1.54. The number of fused-ring (bicyclic) bond motifs is 2. The van der Waals surface area contributed by atoms with E-state index in [4.69, 9.17) is 0 Å². The van der Waals surface area contributed by atoms with Crippen LogP contribution in [-0.4, -0.2) is 5.92 Å². The fourth-order valence-corrected chi connectivity index (χ4v) is 70.3. The molecule has 0 heterocycles. The van der Waals surface area contributed by atoms with Crippen molar-refractivity contribution in [3.05, 3.63) is 191 Å². The molecule has 2 heteroatoms. The third kappa shape index (κ3) is 6.06. The molecule has 0 saturated carbocycles. The molecule has 271 valence electrons. The normalized spacial score (nSPS) is 17.0. The number of unbranched alkanes of at least 4 members (excludes halogenated alkanes) is 2. The van der Waals surface area contributed by atoms with Gasteiger partial charge in [0.05, 0.1) is 0 Å². The van der Waals surface area contributed by atoms with Gasteiger partial charge < -0.3 is 0 Å². The molecule has 0 nitrogen and oxygen atoms in total. The van der Waals surface area contributed by atoms with Crippen LogP contribution in [-0.2, 0) is 17.9 Å². The van der Waals surface area contributed by atoms with E-state index in [0.717, 1.165) is 0 Å². The summed E-state index contributed by atoms with van der Waals surface area (Å²) in [5.41, 5.74) is 14.9. The quantitative estimate of drug-likeness (QED) is 0.102. The van der Waals surface area contributed by atoms with Crippen LogP contribution < -0.4 is 10.4 Å². The Hall–Kier alpha value is -4.10. The van der Waals surface area contributed by atoms with Crippen molar-refractivity contribution >= 4 is 28.4 Å². The van der Waals surface area contributed by atoms with E-state index in [1.54, 1.807) is 32.6 Å². The molecule has 0 N–H and O–H groups in total. The number of rotatable bonds is 13. The molecule has 0 radical (unpaired) electrons. The molecule has 6 aromatic carbocycles. The predicted molar refractivity (Wildman–Crippen MR) is 235 cm³/mol. The number of hydrogen-bond acceptors (Lipinski definition) is 0. The molecule has 0 aliphatic heterocycles. The summed E-state index contributed by atoms with van der Waals surface area (Å²) < 4.78 is 3.68. The van der Waals surface area contributed by atoms with Gasteiger partial charge in [-0.1, -0.05) is 0 Å². The summed E-state index contributed by atoms with van der Waals surface area (Å²) in [4.78, 5) is 0. The Kier molecular flexibility index (Phi) is 10.6. The van der Waals surface area contributed by atoms with Gasteiger partial charge in [-0.15, -0.1) is 0 Å². The zero-order valence-corrected chi connectivity index (χ0v) is 36.3. The van der Waals surface area contributed by atoms with E-state index >= 15 is 0 Å². The van der Waals surface area contributed by atoms with E-state index in [-0.39, 0.29) is 0 Å². The molecule has 0 bridgehead atoms. The van der Waals surface area contributed by atoms with Gasteiger partial charge in [-0.2, -0.15) is 0 Å². The van der Waals surface area contributed by atoms with Crippen LogP contribution in [0.1, 0.15) is 82.9 Å². The van der Waals surface area contributed by atoms with Crippen molar-refractivity contribution in [3.8, 4) is 22.3 Å². The van der Waals surface area contributed by atoms with Gasteiger partial charge in [0.1, 0.15) is 0 Å². The Bertz CT molecular complexity index is 2130. The fourth-order valence-electron chi connectivity index (χ4n) is 11.9. The van der Waals surface area contributed by atoms with E-state index in [9.17, 15) is 0 Å². The summed E-state index contributed by atoms with van der Waals surface area (Å²) in [6, 6.07) is 61.1. The Labute approximate surface area is 326 Å². The zero-order valence-electron chi connectivity index (χ0n) is 32.6. The minimum atomic E-state index is -4.57. The van der Waals surface area contributed by atoms with Crippen LogP contribution in [0, 0.1) is 0 Å². The summed E-state index contributed by atoms with van der Waals surface area (Å²) in [6.45, 7) is 9.98. The van der Waals surface area contributed by atoms with Gasteiger partial charge in [0.2, 0.25) is 0 Å². The van der Waals surface area contributed by atoms with Gasteiger partial charge in [0.25, 0.3) is 0 Å². The second-order valence-corrected chi connectivity index (χ2v) is 46.7. The maximum atomic E-state index is 2.66. The molecule has 0 aromatic heterocycles. The molecule has 0 spiro atoms. The van der Waals surface area contributed by atoms with Gasteiger partial charge in [-0.3, -0.25) is 0 Å². The van der Waals surface area contributed by atoms with E-state index in [0.29, 0.717) is 7.25 Å². The molecule has 8 rings (SSSR count). The van der Waals surface area contributed by atoms with Crippen LogP contribution in [0.5, 0.6) is 0 Å². The van der Waals surface area contributed by atoms with Crippen molar-refractivity contribution in [1.29, 1.82) is 0 Å². The van der Waals surface area contributed by atoms with Crippen molar-refractivity contribution < 1.29 is 17.9 Å². The van der Waals surface area contributed by atoms with Crippen LogP contribution in [0.25, 0.3) is 34.4 Å². The van der Waals surface area contributed by atoms with Crippen molar-refractivity contribution in [1.82, 2.24) is 0 Å². The molecular formula is C52H55SiZr. The molecule has 2 aliphatic carbocycles. The minimum absolute atomic E-state index is 0.458. The first-order valence-corrected chi connectivity index (χ1v) is 32.8. The summed E-state index contributed by atoms with van der Waals surface area (Å²) in [5.74, 6) is -1.95. The SMILES string of the molecule is CCC[CH2][Zr]([CH2]CCC)([CH]1C(C)=Cc2c(-c3ccccc3)cccc21)([CH]1C(C)=Cc2c(-c3ccccc3)cccc21)[SiH](c1ccccc1)c1ccccc1. The van der Waals surface area contributed by atoms with Crippen LogP contribution in [0.4, 0.5) is 0 Å². The van der Waals surface area contributed by atoms with Crippen molar-refractivity contribution in [2.45, 2.75) is 68.9 Å². The maximum absolute atomic E-state index is 4.57. The summed E-state index contributed by atoms with van der Waals surface area (Å²) >= 11 is -4.57. The van der Waals surface area contributed by atoms with Crippen molar-refractivity contribution in [3.63, 3.8) is 0 Å². The molecule has 2 atom stereocenters. The van der Waals surface area contributed by atoms with Crippen molar-refractivity contribution in [2.24, 2.45) is 0 Å². The number of hydrogen-bond donors (Lipinski definition) is 0. The molecule has 6 aromatic rings. The van der Waals surface area contributed by atoms with Crippen molar-refractivity contribution in [2.75, 3.05) is 0 Å². The van der Waals surface area contributed by atoms with Gasteiger partial charge in [0, 0.05) is 0 Å². The molecule has 2 unspecified atom stereocenters. The van der Waals surface area contributed by atoms with Crippen LogP contribution in [0.3, 0.4) is 0 Å². The Morgan fingerprint density at radius 3 is 1.19 bits per heavy atom. The first-order chi connectivity index (χ1) is 26.5. The summed E-state index contributed by atoms with van der Waals surface area (Å²) in [6.07, 6.45) is 10.3. The second-order valence-electron chi connectivity index (χ2n) is 16.4. The topological polar surface area (TPSA) is 0 Å². The van der Waals surface area contributed by atoms with E-state index in [2.05, 4.69) is 198 Å². The first-order valence-electron chi connectivity index (χ1n) is 20.5. The van der Waals surface area contributed by atoms with Crippen LogP contribution in [0.2, 0.25) is 8.26 Å². The summed E-state index contributed by atoms with van der Waals surface area (Å²) in [7, 11) is 0. The number of benzene rings is 6. The molecule has 0 amide bonds. The third-order valence-electron chi connectivity index (χ3n) is 13.5. The average Bonchev–Trinajstić information content (AvgIpc) is 3.77. The van der Waals surface area contributed by atoms with E-state index in [1.807, 2.05) is 0 Å². The van der Waals surface area contributed by atoms with E-state index < -0.39 is 23.9 Å². The van der Waals surface area contributed by atoms with Gasteiger partial charge in [-0.05, 0) is 0 Å². The molecule has 2 aliphatic rings. The molecule has 0 saturated heterocycles. The van der Waals surface area contributed by atoms with Crippen LogP contribution >= 0.6 is 0 Å². The molecular weight excluding hydrogens is 744 g/mol. The van der Waals surface area contributed by atoms with E-state index in [1.165, 1.54) is 67.3 Å². The zero-order chi connectivity index (χ0) is 37.1. The Morgan fingerprint density at radius 1 is 0.444 bits per heavy atom. The van der Waals surface area contributed by atoms with Gasteiger partial charge in [0.15, 0.2) is 0 Å². The Morgan fingerprint density at radius 2 is 0.815 bits per heavy atom. The van der Waals surface area contributed by atoms with Crippen LogP contribution in [0.15, 0.2) is 169 Å². The second kappa shape index (κ2) is 15.6. The molecule has 0 fully saturated rings. The number of allylic oxidation sites excluding steroid dienone is 2. The van der Waals surface area contributed by atoms with Gasteiger partial charge in [-0.25, -0.2) is 0 Å². The fraction of sp³-hybridized carbons (Fsp3) is 0.231. The van der Waals surface area contributed by atoms with Gasteiger partial charge >= 0.3 is 329 Å². The summed E-state index contributed by atoms with van der Waals surface area (Å²) in [5, 5.41) is 3.31. The molecule has 54 heavy (non-hydrogen) atoms. The monoisotopic (exact) mass is 797 g/mol. The predicted octanol–water partition coefficient (Wildman–Crippen LogP) is 13.3.